The monoisotopic (exact) mass is 308 g/mol. The zero-order chi connectivity index (χ0) is 15.1. The minimum Gasteiger partial charge on any atom is -0.396 e. The number of nitrogens with one attached hydrogen (secondary N) is 1. The molecule has 1 fully saturated rings. The molecule has 1 aliphatic heterocycles. The van der Waals surface area contributed by atoms with Crippen molar-refractivity contribution in [3.63, 3.8) is 0 Å². The summed E-state index contributed by atoms with van der Waals surface area (Å²) in [5.74, 6) is 0.571. The number of benzene rings is 1. The van der Waals surface area contributed by atoms with Crippen LogP contribution in [0.3, 0.4) is 0 Å². The van der Waals surface area contributed by atoms with Crippen molar-refractivity contribution in [2.75, 3.05) is 35.7 Å². The van der Waals surface area contributed by atoms with Gasteiger partial charge in [-0.05, 0) is 50.5 Å². The molecule has 0 bridgehead atoms. The average molecular weight is 308 g/mol. The lowest BCUT2D eigenvalue weighted by molar-refractivity contribution is -0.115. The third-order valence-electron chi connectivity index (χ3n) is 3.68. The topological polar surface area (TPSA) is 52.6 Å². The summed E-state index contributed by atoms with van der Waals surface area (Å²) < 4.78 is 0. The summed E-state index contributed by atoms with van der Waals surface area (Å²) in [6.45, 7) is 4.21. The highest BCUT2D eigenvalue weighted by Crippen LogP contribution is 2.22. The number of piperidine rings is 1. The van der Waals surface area contributed by atoms with Gasteiger partial charge >= 0.3 is 0 Å². The van der Waals surface area contributed by atoms with Gasteiger partial charge in [-0.3, -0.25) is 4.79 Å². The largest absolute Gasteiger partial charge is 0.396 e. The number of hydrogen-bond donors (Lipinski definition) is 2. The second kappa shape index (κ2) is 8.29. The second-order valence-electron chi connectivity index (χ2n) is 5.32. The minimum absolute atomic E-state index is 0.0147. The predicted molar refractivity (Wildman–Crippen MR) is 90.1 cm³/mol. The molecular formula is C16H24N2O2S. The zero-order valence-electron chi connectivity index (χ0n) is 12.5. The fourth-order valence-corrected chi connectivity index (χ4v) is 3.13. The Bertz CT molecular complexity index is 444. The molecule has 1 aromatic carbocycles. The van der Waals surface area contributed by atoms with E-state index in [9.17, 15) is 4.79 Å². The van der Waals surface area contributed by atoms with Crippen LogP contribution in [0.15, 0.2) is 24.3 Å². The van der Waals surface area contributed by atoms with Gasteiger partial charge < -0.3 is 15.3 Å². The first-order valence-electron chi connectivity index (χ1n) is 7.59. The molecule has 0 radical (unpaired) electrons. The maximum absolute atomic E-state index is 12.0. The van der Waals surface area contributed by atoms with Gasteiger partial charge in [0.1, 0.15) is 0 Å². The van der Waals surface area contributed by atoms with Crippen molar-refractivity contribution in [2.45, 2.75) is 31.4 Å². The standard InChI is InChI=1S/C16H24N2O2S/c1-13(21-12-11-19)16(20)17-14-5-7-15(8-6-14)18-9-3-2-4-10-18/h5-8,13,19H,2-4,9-12H2,1H3,(H,17,20). The summed E-state index contributed by atoms with van der Waals surface area (Å²) in [4.78, 5) is 14.4. The highest BCUT2D eigenvalue weighted by Gasteiger charge is 2.14. The Hall–Kier alpha value is -1.20. The van der Waals surface area contributed by atoms with E-state index in [-0.39, 0.29) is 17.8 Å². The molecule has 0 aromatic heterocycles. The Labute approximate surface area is 130 Å². The van der Waals surface area contributed by atoms with E-state index in [4.69, 9.17) is 5.11 Å². The molecule has 1 saturated heterocycles. The van der Waals surface area contributed by atoms with E-state index in [0.29, 0.717) is 5.75 Å². The maximum Gasteiger partial charge on any atom is 0.237 e. The van der Waals surface area contributed by atoms with Crippen LogP contribution in [-0.2, 0) is 4.79 Å². The Morgan fingerprint density at radius 1 is 1.29 bits per heavy atom. The van der Waals surface area contributed by atoms with Crippen LogP contribution >= 0.6 is 11.8 Å². The molecule has 1 unspecified atom stereocenters. The van der Waals surface area contributed by atoms with Gasteiger partial charge in [0.25, 0.3) is 0 Å². The number of nitrogens with zero attached hydrogens (tertiary/aromatic N) is 1. The summed E-state index contributed by atoms with van der Waals surface area (Å²) in [6.07, 6.45) is 3.85. The number of aliphatic hydroxyl groups is 1. The fraction of sp³-hybridized carbons (Fsp3) is 0.562. The van der Waals surface area contributed by atoms with Gasteiger partial charge in [0.2, 0.25) is 5.91 Å². The third-order valence-corrected chi connectivity index (χ3v) is 4.82. The molecule has 1 aromatic rings. The van der Waals surface area contributed by atoms with Gasteiger partial charge in [-0.15, -0.1) is 11.8 Å². The van der Waals surface area contributed by atoms with E-state index in [1.165, 1.54) is 36.7 Å². The van der Waals surface area contributed by atoms with Gasteiger partial charge in [-0.1, -0.05) is 0 Å². The van der Waals surface area contributed by atoms with E-state index >= 15 is 0 Å². The smallest absolute Gasteiger partial charge is 0.237 e. The summed E-state index contributed by atoms with van der Waals surface area (Å²) in [7, 11) is 0. The molecule has 1 heterocycles. The molecule has 21 heavy (non-hydrogen) atoms. The quantitative estimate of drug-likeness (QED) is 0.848. The molecule has 2 N–H and O–H groups in total. The first-order valence-corrected chi connectivity index (χ1v) is 8.64. The van der Waals surface area contributed by atoms with Crippen LogP contribution in [0.4, 0.5) is 11.4 Å². The Morgan fingerprint density at radius 2 is 1.95 bits per heavy atom. The third kappa shape index (κ3) is 4.93. The van der Waals surface area contributed by atoms with Crippen molar-refractivity contribution < 1.29 is 9.90 Å². The molecule has 5 heteroatoms. The Balaban J connectivity index is 1.88. The molecule has 116 valence electrons. The van der Waals surface area contributed by atoms with Crippen LogP contribution in [0.5, 0.6) is 0 Å². The number of aliphatic hydroxyl groups excluding tert-OH is 1. The molecule has 4 nitrogen and oxygen atoms in total. The normalized spacial score (nSPS) is 16.6. The number of carbonyl (C=O) groups is 1. The highest BCUT2D eigenvalue weighted by molar-refractivity contribution is 8.00. The van der Waals surface area contributed by atoms with Crippen LogP contribution in [0.1, 0.15) is 26.2 Å². The molecule has 2 rings (SSSR count). The molecule has 1 amide bonds. The molecular weight excluding hydrogens is 284 g/mol. The number of rotatable bonds is 6. The molecule has 1 aliphatic rings. The number of anilines is 2. The van der Waals surface area contributed by atoms with Gasteiger partial charge in [-0.25, -0.2) is 0 Å². The lowest BCUT2D eigenvalue weighted by atomic mass is 10.1. The maximum atomic E-state index is 12.0. The van der Waals surface area contributed by atoms with Crippen LogP contribution in [-0.4, -0.2) is 41.7 Å². The van der Waals surface area contributed by atoms with E-state index in [1.807, 2.05) is 19.1 Å². The number of carbonyl (C=O) groups excluding carboxylic acids is 1. The van der Waals surface area contributed by atoms with Gasteiger partial charge in [-0.2, -0.15) is 0 Å². The average Bonchev–Trinajstić information content (AvgIpc) is 2.54. The van der Waals surface area contributed by atoms with Crippen LogP contribution in [0, 0.1) is 0 Å². The van der Waals surface area contributed by atoms with Gasteiger partial charge in [0.05, 0.1) is 11.9 Å². The molecule has 0 spiro atoms. The van der Waals surface area contributed by atoms with Crippen molar-refractivity contribution in [1.82, 2.24) is 0 Å². The molecule has 0 aliphatic carbocycles. The lowest BCUT2D eigenvalue weighted by Gasteiger charge is -2.28. The van der Waals surface area contributed by atoms with E-state index in [0.717, 1.165) is 18.8 Å². The summed E-state index contributed by atoms with van der Waals surface area (Å²) in [5.41, 5.74) is 2.06. The van der Waals surface area contributed by atoms with Crippen LogP contribution < -0.4 is 10.2 Å². The fourth-order valence-electron chi connectivity index (χ4n) is 2.46. The molecule has 0 saturated carbocycles. The van der Waals surface area contributed by atoms with Crippen molar-refractivity contribution >= 4 is 29.0 Å². The second-order valence-corrected chi connectivity index (χ2v) is 6.77. The van der Waals surface area contributed by atoms with Crippen molar-refractivity contribution in [1.29, 1.82) is 0 Å². The van der Waals surface area contributed by atoms with Gasteiger partial charge in [0, 0.05) is 30.2 Å². The number of amides is 1. The number of hydrogen-bond acceptors (Lipinski definition) is 4. The van der Waals surface area contributed by atoms with Crippen molar-refractivity contribution in [2.24, 2.45) is 0 Å². The van der Waals surface area contributed by atoms with E-state index in [2.05, 4.69) is 22.3 Å². The zero-order valence-corrected chi connectivity index (χ0v) is 13.4. The summed E-state index contributed by atoms with van der Waals surface area (Å²) in [5, 5.41) is 11.6. The van der Waals surface area contributed by atoms with Crippen LogP contribution in [0.2, 0.25) is 0 Å². The van der Waals surface area contributed by atoms with Crippen LogP contribution in [0.25, 0.3) is 0 Å². The first kappa shape index (κ1) is 16.2. The Kier molecular flexibility index (Phi) is 6.39. The SMILES string of the molecule is CC(SCCO)C(=O)Nc1ccc(N2CCCCC2)cc1. The van der Waals surface area contributed by atoms with Crippen molar-refractivity contribution in [3.8, 4) is 0 Å². The lowest BCUT2D eigenvalue weighted by Crippen LogP contribution is -2.29. The van der Waals surface area contributed by atoms with E-state index < -0.39 is 0 Å². The first-order chi connectivity index (χ1) is 10.2. The summed E-state index contributed by atoms with van der Waals surface area (Å²) >= 11 is 1.46. The Morgan fingerprint density at radius 3 is 2.57 bits per heavy atom. The number of thioether (sulfide) groups is 1. The molecule has 1 atom stereocenters. The highest BCUT2D eigenvalue weighted by atomic mass is 32.2. The van der Waals surface area contributed by atoms with Gasteiger partial charge in [0.15, 0.2) is 0 Å². The minimum atomic E-state index is -0.154. The summed E-state index contributed by atoms with van der Waals surface area (Å²) in [6, 6.07) is 8.08. The predicted octanol–water partition coefficient (Wildman–Crippen LogP) is 2.73. The van der Waals surface area contributed by atoms with E-state index in [1.54, 1.807) is 0 Å². The van der Waals surface area contributed by atoms with Crippen molar-refractivity contribution in [3.05, 3.63) is 24.3 Å².